The molecule has 0 atom stereocenters. The molecule has 5 rings (SSSR count). The number of hydrogen-bond acceptors (Lipinski definition) is 3. The van der Waals surface area contributed by atoms with Crippen LogP contribution in [0.3, 0.4) is 0 Å². The van der Waals surface area contributed by atoms with Crippen molar-refractivity contribution in [2.24, 2.45) is 0 Å². The second kappa shape index (κ2) is 7.46. The van der Waals surface area contributed by atoms with E-state index in [4.69, 9.17) is 16.6 Å². The Labute approximate surface area is 173 Å². The zero-order chi connectivity index (χ0) is 19.6. The average molecular weight is 394 g/mol. The second-order valence-electron chi connectivity index (χ2n) is 6.73. The van der Waals surface area contributed by atoms with Crippen LogP contribution in [0.15, 0.2) is 97.1 Å². The van der Waals surface area contributed by atoms with Crippen molar-refractivity contribution in [2.45, 2.75) is 0 Å². The molecular weight excluding hydrogens is 378 g/mol. The molecule has 0 amide bonds. The lowest BCUT2D eigenvalue weighted by atomic mass is 9.98. The minimum atomic E-state index is 0.185. The summed E-state index contributed by atoms with van der Waals surface area (Å²) in [5, 5.41) is 2.39. The van der Waals surface area contributed by atoms with Gasteiger partial charge in [0, 0.05) is 11.1 Å². The maximum absolute atomic E-state index is 6.27. The fraction of sp³-hybridized carbons (Fsp3) is 0. The van der Waals surface area contributed by atoms with Gasteiger partial charge in [-0.15, -0.1) is 0 Å². The number of rotatable bonds is 3. The molecule has 0 fully saturated rings. The Balaban J connectivity index is 1.70. The van der Waals surface area contributed by atoms with Crippen molar-refractivity contribution in [1.82, 2.24) is 15.0 Å². The molecule has 29 heavy (non-hydrogen) atoms. The largest absolute Gasteiger partial charge is 0.226 e. The van der Waals surface area contributed by atoms with Crippen LogP contribution >= 0.6 is 11.6 Å². The molecule has 4 aromatic carbocycles. The minimum absolute atomic E-state index is 0.185. The summed E-state index contributed by atoms with van der Waals surface area (Å²) in [6.07, 6.45) is 0. The lowest BCUT2D eigenvalue weighted by Crippen LogP contribution is -1.97. The monoisotopic (exact) mass is 393 g/mol. The van der Waals surface area contributed by atoms with Crippen molar-refractivity contribution in [1.29, 1.82) is 0 Å². The third kappa shape index (κ3) is 3.48. The van der Waals surface area contributed by atoms with Crippen LogP contribution in [0.25, 0.3) is 44.7 Å². The predicted octanol–water partition coefficient (Wildman–Crippen LogP) is 6.68. The molecular formula is C25H16ClN3. The number of halogens is 1. The Kier molecular flexibility index (Phi) is 4.51. The Morgan fingerprint density at radius 3 is 1.97 bits per heavy atom. The van der Waals surface area contributed by atoms with Crippen LogP contribution in [0.4, 0.5) is 0 Å². The normalized spacial score (nSPS) is 10.9. The molecule has 0 aliphatic carbocycles. The second-order valence-corrected chi connectivity index (χ2v) is 7.06. The average Bonchev–Trinajstić information content (AvgIpc) is 2.79. The molecule has 1 heterocycles. The molecule has 0 saturated carbocycles. The van der Waals surface area contributed by atoms with Gasteiger partial charge in [0.25, 0.3) is 0 Å². The van der Waals surface area contributed by atoms with Gasteiger partial charge in [0.2, 0.25) is 5.28 Å². The fourth-order valence-corrected chi connectivity index (χ4v) is 3.62. The van der Waals surface area contributed by atoms with Gasteiger partial charge in [-0.05, 0) is 39.6 Å². The summed E-state index contributed by atoms with van der Waals surface area (Å²) in [6, 6.07) is 32.7. The maximum Gasteiger partial charge on any atom is 0.226 e. The third-order valence-corrected chi connectivity index (χ3v) is 5.04. The summed E-state index contributed by atoms with van der Waals surface area (Å²) < 4.78 is 0. The molecule has 0 saturated heterocycles. The number of nitrogens with zero attached hydrogens (tertiary/aromatic N) is 3. The van der Waals surface area contributed by atoms with E-state index in [0.717, 1.165) is 27.5 Å². The van der Waals surface area contributed by atoms with Crippen LogP contribution in [0, 0.1) is 0 Å². The van der Waals surface area contributed by atoms with Crippen molar-refractivity contribution in [3.63, 3.8) is 0 Å². The molecule has 0 unspecified atom stereocenters. The summed E-state index contributed by atoms with van der Waals surface area (Å²) in [5.41, 5.74) is 4.15. The first-order valence-electron chi connectivity index (χ1n) is 9.33. The van der Waals surface area contributed by atoms with E-state index < -0.39 is 0 Å². The van der Waals surface area contributed by atoms with Crippen LogP contribution in [0.5, 0.6) is 0 Å². The zero-order valence-electron chi connectivity index (χ0n) is 15.5. The molecule has 0 bridgehead atoms. The highest BCUT2D eigenvalue weighted by Crippen LogP contribution is 2.31. The van der Waals surface area contributed by atoms with E-state index in [1.54, 1.807) is 0 Å². The highest BCUT2D eigenvalue weighted by molar-refractivity contribution is 6.28. The van der Waals surface area contributed by atoms with E-state index in [1.165, 1.54) is 5.56 Å². The molecule has 0 aliphatic rings. The van der Waals surface area contributed by atoms with Crippen molar-refractivity contribution in [2.75, 3.05) is 0 Å². The quantitative estimate of drug-likeness (QED) is 0.343. The number of benzene rings is 4. The molecule has 1 aromatic heterocycles. The van der Waals surface area contributed by atoms with Crippen molar-refractivity contribution >= 4 is 22.4 Å². The third-order valence-electron chi connectivity index (χ3n) is 4.87. The Morgan fingerprint density at radius 2 is 1.21 bits per heavy atom. The van der Waals surface area contributed by atoms with Gasteiger partial charge in [-0.25, -0.2) is 4.98 Å². The van der Waals surface area contributed by atoms with Gasteiger partial charge in [-0.3, -0.25) is 0 Å². The topological polar surface area (TPSA) is 38.7 Å². The molecule has 5 aromatic rings. The summed E-state index contributed by atoms with van der Waals surface area (Å²) in [4.78, 5) is 13.5. The van der Waals surface area contributed by atoms with E-state index in [9.17, 15) is 0 Å². The van der Waals surface area contributed by atoms with E-state index >= 15 is 0 Å². The first kappa shape index (κ1) is 17.5. The molecule has 138 valence electrons. The molecule has 0 aliphatic heterocycles. The van der Waals surface area contributed by atoms with Crippen LogP contribution in [0.2, 0.25) is 5.28 Å². The molecule has 0 radical (unpaired) electrons. The van der Waals surface area contributed by atoms with Crippen LogP contribution in [0.1, 0.15) is 0 Å². The summed E-state index contributed by atoms with van der Waals surface area (Å²) in [5.74, 6) is 1.14. The number of aromatic nitrogens is 3. The van der Waals surface area contributed by atoms with E-state index in [1.807, 2.05) is 60.7 Å². The van der Waals surface area contributed by atoms with Gasteiger partial charge in [-0.1, -0.05) is 91.0 Å². The highest BCUT2D eigenvalue weighted by atomic mass is 35.5. The van der Waals surface area contributed by atoms with Crippen molar-refractivity contribution in [3.8, 4) is 33.9 Å². The summed E-state index contributed by atoms with van der Waals surface area (Å²) in [7, 11) is 0. The zero-order valence-corrected chi connectivity index (χ0v) is 16.2. The number of hydrogen-bond donors (Lipinski definition) is 0. The first-order chi connectivity index (χ1) is 14.3. The predicted molar refractivity (Wildman–Crippen MR) is 119 cm³/mol. The first-order valence-corrected chi connectivity index (χ1v) is 9.71. The Hall–Kier alpha value is -3.56. The van der Waals surface area contributed by atoms with E-state index in [0.29, 0.717) is 11.6 Å². The molecule has 0 N–H and O–H groups in total. The SMILES string of the molecule is Clc1nc(-c2ccccc2)nc(-c2cccc3ccc(-c4ccccc4)cc23)n1. The van der Waals surface area contributed by atoms with E-state index in [2.05, 4.69) is 46.4 Å². The molecule has 0 spiro atoms. The summed E-state index contributed by atoms with van der Waals surface area (Å²) in [6.45, 7) is 0. The Bertz CT molecular complexity index is 1300. The van der Waals surface area contributed by atoms with Gasteiger partial charge < -0.3 is 0 Å². The maximum atomic E-state index is 6.27. The molecule has 4 heteroatoms. The van der Waals surface area contributed by atoms with Crippen LogP contribution < -0.4 is 0 Å². The Morgan fingerprint density at radius 1 is 0.517 bits per heavy atom. The number of fused-ring (bicyclic) bond motifs is 1. The lowest BCUT2D eigenvalue weighted by molar-refractivity contribution is 1.07. The van der Waals surface area contributed by atoms with Crippen molar-refractivity contribution in [3.05, 3.63) is 102 Å². The van der Waals surface area contributed by atoms with Gasteiger partial charge in [0.05, 0.1) is 0 Å². The lowest BCUT2D eigenvalue weighted by Gasteiger charge is -2.10. The van der Waals surface area contributed by atoms with Gasteiger partial charge >= 0.3 is 0 Å². The van der Waals surface area contributed by atoms with Gasteiger partial charge in [-0.2, -0.15) is 9.97 Å². The highest BCUT2D eigenvalue weighted by Gasteiger charge is 2.12. The fourth-order valence-electron chi connectivity index (χ4n) is 3.46. The smallest absolute Gasteiger partial charge is 0.208 e. The van der Waals surface area contributed by atoms with Gasteiger partial charge in [0.15, 0.2) is 11.6 Å². The summed E-state index contributed by atoms with van der Waals surface area (Å²) >= 11 is 6.27. The van der Waals surface area contributed by atoms with Crippen LogP contribution in [-0.4, -0.2) is 15.0 Å². The van der Waals surface area contributed by atoms with Crippen molar-refractivity contribution < 1.29 is 0 Å². The standard InChI is InChI=1S/C25H16ClN3/c26-25-28-23(19-10-5-2-6-11-19)27-24(29-25)21-13-7-12-18-14-15-20(16-22(18)21)17-8-3-1-4-9-17/h1-16H. The molecule has 3 nitrogen and oxygen atoms in total. The van der Waals surface area contributed by atoms with Crippen LogP contribution in [-0.2, 0) is 0 Å². The van der Waals surface area contributed by atoms with E-state index in [-0.39, 0.29) is 5.28 Å². The van der Waals surface area contributed by atoms with Gasteiger partial charge in [0.1, 0.15) is 0 Å². The minimum Gasteiger partial charge on any atom is -0.208 e.